The number of amides is 1. The van der Waals surface area contributed by atoms with Crippen molar-refractivity contribution in [3.05, 3.63) is 59.7 Å². The number of methoxy groups -OCH3 is 1. The van der Waals surface area contributed by atoms with Gasteiger partial charge in [-0.05, 0) is 63.4 Å². The third kappa shape index (κ3) is 6.07. The average Bonchev–Trinajstić information content (AvgIpc) is 2.60. The minimum Gasteiger partial charge on any atom is -0.496 e. The first kappa shape index (κ1) is 21.9. The zero-order chi connectivity index (χ0) is 20.9. The average molecular weight is 405 g/mol. The van der Waals surface area contributed by atoms with Gasteiger partial charge in [0.05, 0.1) is 12.0 Å². The molecule has 0 radical (unpaired) electrons. The van der Waals surface area contributed by atoms with Crippen molar-refractivity contribution >= 4 is 15.9 Å². The number of rotatable bonds is 7. The largest absolute Gasteiger partial charge is 0.496 e. The molecule has 0 spiro atoms. The Morgan fingerprint density at radius 2 is 1.75 bits per heavy atom. The Morgan fingerprint density at radius 3 is 2.29 bits per heavy atom. The molecule has 2 N–H and O–H groups in total. The minimum atomic E-state index is -3.89. The molecule has 0 saturated heterocycles. The van der Waals surface area contributed by atoms with Crippen LogP contribution in [0.5, 0.6) is 5.75 Å². The third-order valence-electron chi connectivity index (χ3n) is 4.07. The predicted octanol–water partition coefficient (Wildman–Crippen LogP) is 2.81. The van der Waals surface area contributed by atoms with Gasteiger partial charge in [-0.2, -0.15) is 4.72 Å². The van der Waals surface area contributed by atoms with E-state index in [1.807, 2.05) is 51.1 Å². The number of carbonyl (C=O) groups excluding carboxylic acids is 1. The maximum Gasteiger partial charge on any atom is 0.241 e. The molecule has 152 valence electrons. The summed E-state index contributed by atoms with van der Waals surface area (Å²) in [5.74, 6) is 0.232. The highest BCUT2D eigenvalue weighted by Crippen LogP contribution is 2.21. The summed E-state index contributed by atoms with van der Waals surface area (Å²) in [4.78, 5) is 12.9. The molecule has 2 aromatic rings. The van der Waals surface area contributed by atoms with Gasteiger partial charge in [-0.15, -0.1) is 0 Å². The molecule has 0 fully saturated rings. The first-order chi connectivity index (χ1) is 13.0. The van der Waals surface area contributed by atoms with Gasteiger partial charge in [0.15, 0.2) is 0 Å². The molecule has 0 aromatic heterocycles. The van der Waals surface area contributed by atoms with E-state index in [9.17, 15) is 13.2 Å². The molecule has 28 heavy (non-hydrogen) atoms. The molecule has 0 saturated carbocycles. The van der Waals surface area contributed by atoms with E-state index in [1.165, 1.54) is 19.2 Å². The summed E-state index contributed by atoms with van der Waals surface area (Å²) in [5, 5.41) is 2.86. The third-order valence-corrected chi connectivity index (χ3v) is 5.54. The zero-order valence-electron chi connectivity index (χ0n) is 16.9. The first-order valence-electron chi connectivity index (χ1n) is 9.05. The topological polar surface area (TPSA) is 84.5 Å². The summed E-state index contributed by atoms with van der Waals surface area (Å²) in [6, 6.07) is 13.0. The van der Waals surface area contributed by atoms with E-state index in [0.717, 1.165) is 5.56 Å². The van der Waals surface area contributed by atoms with Crippen LogP contribution in [-0.2, 0) is 21.2 Å². The summed E-state index contributed by atoms with van der Waals surface area (Å²) in [7, 11) is -2.36. The summed E-state index contributed by atoms with van der Waals surface area (Å²) < 4.78 is 33.6. The number of ether oxygens (including phenoxy) is 1. The van der Waals surface area contributed by atoms with Crippen molar-refractivity contribution in [2.24, 2.45) is 0 Å². The summed E-state index contributed by atoms with van der Waals surface area (Å²) >= 11 is 0. The van der Waals surface area contributed by atoms with Crippen LogP contribution in [0.1, 0.15) is 31.9 Å². The number of hydrogen-bond acceptors (Lipinski definition) is 4. The lowest BCUT2D eigenvalue weighted by molar-refractivity contribution is -0.124. The second-order valence-electron chi connectivity index (χ2n) is 7.73. The maximum atomic E-state index is 12.9. The van der Waals surface area contributed by atoms with Crippen LogP contribution < -0.4 is 14.8 Å². The quantitative estimate of drug-likeness (QED) is 0.743. The second-order valence-corrected chi connectivity index (χ2v) is 9.45. The second kappa shape index (κ2) is 8.75. The van der Waals surface area contributed by atoms with Gasteiger partial charge in [0.2, 0.25) is 15.9 Å². The van der Waals surface area contributed by atoms with E-state index in [4.69, 9.17) is 4.74 Å². The van der Waals surface area contributed by atoms with Crippen molar-refractivity contribution in [1.82, 2.24) is 10.0 Å². The van der Waals surface area contributed by atoms with E-state index in [2.05, 4.69) is 10.0 Å². The van der Waals surface area contributed by atoms with Crippen molar-refractivity contribution < 1.29 is 17.9 Å². The minimum absolute atomic E-state index is 0.0902. The molecule has 0 aliphatic rings. The number of aryl methyl sites for hydroxylation is 1. The molecule has 6 nitrogen and oxygen atoms in total. The van der Waals surface area contributed by atoms with Crippen molar-refractivity contribution in [3.8, 4) is 5.75 Å². The SMILES string of the molecule is COc1ccc(S(=O)(=O)N[C@H](Cc2ccccc2)C(=O)NC(C)(C)C)cc1C. The monoisotopic (exact) mass is 404 g/mol. The number of hydrogen-bond donors (Lipinski definition) is 2. The Morgan fingerprint density at radius 1 is 1.11 bits per heavy atom. The highest BCUT2D eigenvalue weighted by molar-refractivity contribution is 7.89. The van der Waals surface area contributed by atoms with Crippen LogP contribution in [-0.4, -0.2) is 33.0 Å². The Bertz CT molecular complexity index is 919. The number of benzene rings is 2. The van der Waals surface area contributed by atoms with Crippen molar-refractivity contribution in [2.45, 2.75) is 50.6 Å². The lowest BCUT2D eigenvalue weighted by Crippen LogP contribution is -2.52. The van der Waals surface area contributed by atoms with Gasteiger partial charge in [0, 0.05) is 5.54 Å². The van der Waals surface area contributed by atoms with E-state index in [-0.39, 0.29) is 17.2 Å². The molecule has 1 atom stereocenters. The van der Waals surface area contributed by atoms with Crippen LogP contribution in [0.15, 0.2) is 53.4 Å². The molecule has 2 rings (SSSR count). The maximum absolute atomic E-state index is 12.9. The molecule has 1 amide bonds. The normalized spacial score (nSPS) is 13.0. The van der Waals surface area contributed by atoms with Crippen LogP contribution in [0.25, 0.3) is 0 Å². The molecular formula is C21H28N2O4S. The fourth-order valence-corrected chi connectivity index (χ4v) is 4.05. The fraction of sp³-hybridized carbons (Fsp3) is 0.381. The highest BCUT2D eigenvalue weighted by atomic mass is 32.2. The first-order valence-corrected chi connectivity index (χ1v) is 10.5. The van der Waals surface area contributed by atoms with Gasteiger partial charge < -0.3 is 10.1 Å². The van der Waals surface area contributed by atoms with Crippen LogP contribution in [0.3, 0.4) is 0 Å². The molecule has 7 heteroatoms. The van der Waals surface area contributed by atoms with Crippen molar-refractivity contribution in [2.75, 3.05) is 7.11 Å². The van der Waals surface area contributed by atoms with Gasteiger partial charge >= 0.3 is 0 Å². The van der Waals surface area contributed by atoms with Crippen molar-refractivity contribution in [1.29, 1.82) is 0 Å². The molecule has 2 aromatic carbocycles. The summed E-state index contributed by atoms with van der Waals surface area (Å²) in [5.41, 5.74) is 1.09. The molecule has 0 bridgehead atoms. The van der Waals surface area contributed by atoms with E-state index >= 15 is 0 Å². The van der Waals surface area contributed by atoms with Crippen LogP contribution in [0.2, 0.25) is 0 Å². The number of nitrogens with one attached hydrogen (secondary N) is 2. The zero-order valence-corrected chi connectivity index (χ0v) is 17.8. The van der Waals surface area contributed by atoms with E-state index in [0.29, 0.717) is 11.3 Å². The molecule has 0 heterocycles. The summed E-state index contributed by atoms with van der Waals surface area (Å²) in [6.07, 6.45) is 0.247. The molecule has 0 aliphatic carbocycles. The molecule has 0 aliphatic heterocycles. The molecule has 0 unspecified atom stereocenters. The lowest BCUT2D eigenvalue weighted by atomic mass is 10.0. The Hall–Kier alpha value is -2.38. The Balaban J connectivity index is 2.31. The highest BCUT2D eigenvalue weighted by Gasteiger charge is 2.28. The van der Waals surface area contributed by atoms with Crippen LogP contribution in [0.4, 0.5) is 0 Å². The van der Waals surface area contributed by atoms with Crippen LogP contribution in [0, 0.1) is 6.92 Å². The van der Waals surface area contributed by atoms with Gasteiger partial charge in [-0.3, -0.25) is 4.79 Å². The number of sulfonamides is 1. The number of carbonyl (C=O) groups is 1. The van der Waals surface area contributed by atoms with Gasteiger partial charge in [-0.1, -0.05) is 30.3 Å². The van der Waals surface area contributed by atoms with E-state index in [1.54, 1.807) is 13.0 Å². The Kier molecular flexibility index (Phi) is 6.85. The van der Waals surface area contributed by atoms with Crippen molar-refractivity contribution in [3.63, 3.8) is 0 Å². The molecular weight excluding hydrogens is 376 g/mol. The standard InChI is InChI=1S/C21H28N2O4S/c1-15-13-17(11-12-19(15)27-5)28(25,26)23-18(20(24)22-21(2,3)4)14-16-9-7-6-8-10-16/h6-13,18,23H,14H2,1-5H3,(H,22,24)/t18-/m1/s1. The fourth-order valence-electron chi connectivity index (χ4n) is 2.77. The lowest BCUT2D eigenvalue weighted by Gasteiger charge is -2.25. The van der Waals surface area contributed by atoms with E-state index < -0.39 is 21.6 Å². The van der Waals surface area contributed by atoms with Gasteiger partial charge in [0.1, 0.15) is 11.8 Å². The van der Waals surface area contributed by atoms with Crippen LogP contribution >= 0.6 is 0 Å². The van der Waals surface area contributed by atoms with Gasteiger partial charge in [0.25, 0.3) is 0 Å². The smallest absolute Gasteiger partial charge is 0.241 e. The Labute approximate surface area is 167 Å². The predicted molar refractivity (Wildman–Crippen MR) is 110 cm³/mol. The summed E-state index contributed by atoms with van der Waals surface area (Å²) in [6.45, 7) is 7.33. The van der Waals surface area contributed by atoms with Gasteiger partial charge in [-0.25, -0.2) is 8.42 Å².